The lowest BCUT2D eigenvalue weighted by molar-refractivity contribution is -0.138. The van der Waals surface area contributed by atoms with Crippen molar-refractivity contribution in [2.75, 3.05) is 43.1 Å². The first-order valence-electron chi connectivity index (χ1n) is 11.3. The number of nitrogens with zero attached hydrogens (tertiary/aromatic N) is 4. The highest BCUT2D eigenvalue weighted by Crippen LogP contribution is 2.40. The fourth-order valence-corrected chi connectivity index (χ4v) is 4.49. The number of hydrogen-bond donors (Lipinski definition) is 1. The number of fused-ring (bicyclic) bond motifs is 1. The molecule has 12 heteroatoms. The van der Waals surface area contributed by atoms with E-state index in [1.165, 1.54) is 19.4 Å². The van der Waals surface area contributed by atoms with Crippen molar-refractivity contribution < 1.29 is 31.1 Å². The Kier molecular flexibility index (Phi) is 6.12. The Morgan fingerprint density at radius 3 is 2.22 bits per heavy atom. The molecule has 37 heavy (non-hydrogen) atoms. The summed E-state index contributed by atoms with van der Waals surface area (Å²) in [6.07, 6.45) is -7.81. The number of hydrogen-bond acceptors (Lipinski definition) is 5. The lowest BCUT2D eigenvalue weighted by Crippen LogP contribution is -2.47. The SMILES string of the molecule is COc1ccccc1-c1cc(C(F)(F)F)cc2nc(N3CCN(c4ncccc4C(F)(F)F)CC3)[nH]c12. The van der Waals surface area contributed by atoms with E-state index >= 15 is 0 Å². The van der Waals surface area contributed by atoms with Crippen LogP contribution in [0, 0.1) is 0 Å². The van der Waals surface area contributed by atoms with E-state index in [1.807, 2.05) is 0 Å². The molecular weight excluding hydrogens is 500 g/mol. The molecule has 1 aliphatic rings. The molecule has 1 fully saturated rings. The monoisotopic (exact) mass is 521 g/mol. The molecule has 0 atom stereocenters. The van der Waals surface area contributed by atoms with E-state index in [-0.39, 0.29) is 30.0 Å². The number of H-pyrrole nitrogens is 1. The van der Waals surface area contributed by atoms with Crippen molar-refractivity contribution in [2.45, 2.75) is 12.4 Å². The molecule has 1 saturated heterocycles. The van der Waals surface area contributed by atoms with Crippen LogP contribution in [0.25, 0.3) is 22.2 Å². The van der Waals surface area contributed by atoms with Crippen molar-refractivity contribution in [3.63, 3.8) is 0 Å². The smallest absolute Gasteiger partial charge is 0.419 e. The molecule has 1 aliphatic heterocycles. The van der Waals surface area contributed by atoms with Crippen LogP contribution in [0.5, 0.6) is 5.75 Å². The molecule has 0 radical (unpaired) electrons. The fraction of sp³-hybridized carbons (Fsp3) is 0.280. The number of ether oxygens (including phenoxy) is 1. The predicted molar refractivity (Wildman–Crippen MR) is 127 cm³/mol. The predicted octanol–water partition coefficient (Wildman–Crippen LogP) is 6.00. The third-order valence-corrected chi connectivity index (χ3v) is 6.28. The van der Waals surface area contributed by atoms with Crippen LogP contribution in [0.15, 0.2) is 54.7 Å². The van der Waals surface area contributed by atoms with Crippen molar-refractivity contribution in [3.8, 4) is 16.9 Å². The van der Waals surface area contributed by atoms with Gasteiger partial charge in [0, 0.05) is 43.5 Å². The number of nitrogens with one attached hydrogen (secondary N) is 1. The molecule has 0 bridgehead atoms. The third kappa shape index (κ3) is 4.75. The van der Waals surface area contributed by atoms with Gasteiger partial charge in [-0.15, -0.1) is 0 Å². The highest BCUT2D eigenvalue weighted by atomic mass is 19.4. The molecule has 5 rings (SSSR count). The standard InChI is InChI=1S/C25H21F6N5O/c1-37-20-7-3-2-5-16(20)17-13-15(24(26,27)28)14-19-21(17)34-23(33-19)36-11-9-35(10-12-36)22-18(25(29,30)31)6-4-8-32-22/h2-8,13-14H,9-12H2,1H3,(H,33,34). The summed E-state index contributed by atoms with van der Waals surface area (Å²) in [5, 5.41) is 0. The van der Waals surface area contributed by atoms with Gasteiger partial charge < -0.3 is 19.5 Å². The molecule has 0 saturated carbocycles. The highest BCUT2D eigenvalue weighted by Gasteiger charge is 2.37. The number of piperazine rings is 1. The number of pyridine rings is 1. The number of benzene rings is 2. The van der Waals surface area contributed by atoms with Crippen molar-refractivity contribution in [3.05, 3.63) is 65.9 Å². The average Bonchev–Trinajstić information content (AvgIpc) is 3.32. The van der Waals surface area contributed by atoms with E-state index in [4.69, 9.17) is 4.74 Å². The minimum absolute atomic E-state index is 0.122. The maximum Gasteiger partial charge on any atom is 0.419 e. The maximum atomic E-state index is 13.7. The highest BCUT2D eigenvalue weighted by molar-refractivity contribution is 5.95. The van der Waals surface area contributed by atoms with E-state index in [1.54, 1.807) is 34.1 Å². The van der Waals surface area contributed by atoms with Gasteiger partial charge >= 0.3 is 12.4 Å². The molecule has 0 aliphatic carbocycles. The Labute approximate surface area is 207 Å². The zero-order valence-corrected chi connectivity index (χ0v) is 19.5. The number of alkyl halides is 6. The summed E-state index contributed by atoms with van der Waals surface area (Å²) in [7, 11) is 1.44. The van der Waals surface area contributed by atoms with Crippen LogP contribution in [-0.4, -0.2) is 48.2 Å². The Morgan fingerprint density at radius 1 is 0.838 bits per heavy atom. The van der Waals surface area contributed by atoms with Crippen molar-refractivity contribution >= 4 is 22.8 Å². The summed E-state index contributed by atoms with van der Waals surface area (Å²) in [5.41, 5.74) is -0.387. The van der Waals surface area contributed by atoms with Crippen LogP contribution >= 0.6 is 0 Å². The van der Waals surface area contributed by atoms with Crippen molar-refractivity contribution in [1.82, 2.24) is 15.0 Å². The molecular formula is C25H21F6N5O. The van der Waals surface area contributed by atoms with E-state index in [0.29, 0.717) is 35.9 Å². The number of halogens is 6. The Hall–Kier alpha value is -3.96. The van der Waals surface area contributed by atoms with Gasteiger partial charge in [0.15, 0.2) is 0 Å². The van der Waals surface area contributed by atoms with Gasteiger partial charge in [-0.25, -0.2) is 9.97 Å². The first-order chi connectivity index (χ1) is 17.6. The largest absolute Gasteiger partial charge is 0.496 e. The fourth-order valence-electron chi connectivity index (χ4n) is 4.49. The molecule has 2 aromatic heterocycles. The Morgan fingerprint density at radius 2 is 1.54 bits per heavy atom. The molecule has 6 nitrogen and oxygen atoms in total. The summed E-state index contributed by atoms with van der Waals surface area (Å²) in [4.78, 5) is 14.8. The van der Waals surface area contributed by atoms with Crippen LogP contribution in [0.2, 0.25) is 0 Å². The van der Waals surface area contributed by atoms with E-state index in [2.05, 4.69) is 15.0 Å². The van der Waals surface area contributed by atoms with E-state index < -0.39 is 23.5 Å². The molecule has 4 aromatic rings. The summed E-state index contributed by atoms with van der Waals surface area (Å²) >= 11 is 0. The second kappa shape index (κ2) is 9.16. The number of anilines is 2. The molecule has 0 amide bonds. The number of aromatic amines is 1. The number of imidazole rings is 1. The van der Waals surface area contributed by atoms with Gasteiger partial charge in [0.1, 0.15) is 11.6 Å². The number of methoxy groups -OCH3 is 1. The normalized spacial score (nSPS) is 14.9. The summed E-state index contributed by atoms with van der Waals surface area (Å²) in [6.45, 7) is 1.04. The first-order valence-corrected chi connectivity index (χ1v) is 11.3. The topological polar surface area (TPSA) is 57.3 Å². The van der Waals surface area contributed by atoms with E-state index in [9.17, 15) is 26.3 Å². The van der Waals surface area contributed by atoms with Crippen molar-refractivity contribution in [1.29, 1.82) is 0 Å². The lowest BCUT2D eigenvalue weighted by atomic mass is 10.00. The Balaban J connectivity index is 1.49. The summed E-state index contributed by atoms with van der Waals surface area (Å²) in [6, 6.07) is 11.0. The number of para-hydroxylation sites is 1. The van der Waals surface area contributed by atoms with Gasteiger partial charge in [-0.2, -0.15) is 26.3 Å². The van der Waals surface area contributed by atoms with Gasteiger partial charge in [-0.1, -0.05) is 18.2 Å². The average molecular weight is 521 g/mol. The summed E-state index contributed by atoms with van der Waals surface area (Å²) < 4.78 is 86.8. The van der Waals surface area contributed by atoms with Gasteiger partial charge in [-0.05, 0) is 30.3 Å². The molecule has 3 heterocycles. The second-order valence-corrected chi connectivity index (χ2v) is 8.52. The Bertz CT molecular complexity index is 1420. The van der Waals surface area contributed by atoms with Crippen LogP contribution in [0.3, 0.4) is 0 Å². The van der Waals surface area contributed by atoms with Crippen LogP contribution < -0.4 is 14.5 Å². The zero-order chi connectivity index (χ0) is 26.4. The zero-order valence-electron chi connectivity index (χ0n) is 19.5. The van der Waals surface area contributed by atoms with Crippen LogP contribution in [0.1, 0.15) is 11.1 Å². The third-order valence-electron chi connectivity index (χ3n) is 6.28. The summed E-state index contributed by atoms with van der Waals surface area (Å²) in [5.74, 6) is 0.596. The quantitative estimate of drug-likeness (QED) is 0.334. The van der Waals surface area contributed by atoms with Gasteiger partial charge in [-0.3, -0.25) is 0 Å². The maximum absolute atomic E-state index is 13.7. The van der Waals surface area contributed by atoms with Crippen LogP contribution in [0.4, 0.5) is 38.1 Å². The number of rotatable bonds is 4. The van der Waals surface area contributed by atoms with Crippen molar-refractivity contribution in [2.24, 2.45) is 0 Å². The minimum Gasteiger partial charge on any atom is -0.496 e. The molecule has 0 unspecified atom stereocenters. The second-order valence-electron chi connectivity index (χ2n) is 8.52. The van der Waals surface area contributed by atoms with Gasteiger partial charge in [0.2, 0.25) is 5.95 Å². The van der Waals surface area contributed by atoms with Gasteiger partial charge in [0.05, 0.1) is 29.3 Å². The lowest BCUT2D eigenvalue weighted by Gasteiger charge is -2.36. The van der Waals surface area contributed by atoms with E-state index in [0.717, 1.165) is 18.2 Å². The molecule has 1 N–H and O–H groups in total. The molecule has 194 valence electrons. The minimum atomic E-state index is -4.59. The number of aromatic nitrogens is 3. The molecule has 2 aromatic carbocycles. The van der Waals surface area contributed by atoms with Gasteiger partial charge in [0.25, 0.3) is 0 Å². The van der Waals surface area contributed by atoms with Crippen LogP contribution in [-0.2, 0) is 12.4 Å². The molecule has 0 spiro atoms. The first kappa shape index (κ1) is 24.7.